The lowest BCUT2D eigenvalue weighted by Crippen LogP contribution is -2.47. The number of rotatable bonds is 2. The van der Waals surface area contributed by atoms with E-state index in [1.54, 1.807) is 20.8 Å². The fourth-order valence-corrected chi connectivity index (χ4v) is 2.53. The molecule has 1 aliphatic rings. The number of aliphatic hydroxyl groups excluding tert-OH is 1. The Morgan fingerprint density at radius 2 is 2.21 bits per heavy atom. The SMILES string of the molecule is Cc1cn(C2(O)COC(C(C)O)C2C)c(=O)cc1O. The predicted octanol–water partition coefficient (Wildman–Crippen LogP) is -0.0769. The van der Waals surface area contributed by atoms with Crippen LogP contribution in [0.1, 0.15) is 19.4 Å². The van der Waals surface area contributed by atoms with Gasteiger partial charge >= 0.3 is 0 Å². The molecule has 2 heterocycles. The lowest BCUT2D eigenvalue weighted by Gasteiger charge is -2.30. The largest absolute Gasteiger partial charge is 0.507 e. The minimum Gasteiger partial charge on any atom is -0.507 e. The zero-order chi connectivity index (χ0) is 14.4. The number of hydrogen-bond donors (Lipinski definition) is 3. The molecular formula is C13H19NO5. The number of pyridine rings is 1. The molecule has 6 nitrogen and oxygen atoms in total. The second kappa shape index (κ2) is 4.63. The fourth-order valence-electron chi connectivity index (χ4n) is 2.53. The third-order valence-corrected chi connectivity index (χ3v) is 3.83. The summed E-state index contributed by atoms with van der Waals surface area (Å²) >= 11 is 0. The molecule has 0 spiro atoms. The molecule has 4 unspecified atom stereocenters. The molecular weight excluding hydrogens is 250 g/mol. The van der Waals surface area contributed by atoms with Crippen molar-refractivity contribution in [1.82, 2.24) is 4.57 Å². The third kappa shape index (κ3) is 2.16. The maximum atomic E-state index is 11.9. The molecule has 3 N–H and O–H groups in total. The zero-order valence-electron chi connectivity index (χ0n) is 11.2. The van der Waals surface area contributed by atoms with Gasteiger partial charge in [-0.15, -0.1) is 0 Å². The van der Waals surface area contributed by atoms with E-state index in [2.05, 4.69) is 0 Å². The quantitative estimate of drug-likeness (QED) is 0.698. The first-order chi connectivity index (χ1) is 8.77. The highest BCUT2D eigenvalue weighted by atomic mass is 16.5. The van der Waals surface area contributed by atoms with E-state index in [0.29, 0.717) is 5.56 Å². The van der Waals surface area contributed by atoms with Crippen LogP contribution in [0.4, 0.5) is 0 Å². The standard InChI is InChI=1S/C13H19NO5/c1-7-5-14(11(17)4-10(7)16)13(18)6-19-12(8(13)2)9(3)15/h4-5,8-9,12,15-16,18H,6H2,1-3H3. The van der Waals surface area contributed by atoms with E-state index in [9.17, 15) is 20.1 Å². The number of hydrogen-bond acceptors (Lipinski definition) is 5. The average molecular weight is 269 g/mol. The second-order valence-corrected chi connectivity index (χ2v) is 5.23. The van der Waals surface area contributed by atoms with Gasteiger partial charge in [-0.3, -0.25) is 9.36 Å². The van der Waals surface area contributed by atoms with Crippen molar-refractivity contribution >= 4 is 0 Å². The monoisotopic (exact) mass is 269 g/mol. The molecule has 1 saturated heterocycles. The highest BCUT2D eigenvalue weighted by Gasteiger charge is 2.49. The molecule has 2 rings (SSSR count). The van der Waals surface area contributed by atoms with Crippen molar-refractivity contribution in [2.45, 2.75) is 38.7 Å². The Balaban J connectivity index is 2.47. The Morgan fingerprint density at radius 1 is 1.58 bits per heavy atom. The molecule has 1 aliphatic heterocycles. The summed E-state index contributed by atoms with van der Waals surface area (Å²) in [6.45, 7) is 4.87. The van der Waals surface area contributed by atoms with Gasteiger partial charge in [0.25, 0.3) is 5.56 Å². The normalized spacial score (nSPS) is 32.5. The van der Waals surface area contributed by atoms with Crippen LogP contribution in [-0.4, -0.2) is 38.7 Å². The van der Waals surface area contributed by atoms with E-state index in [0.717, 1.165) is 10.6 Å². The molecule has 19 heavy (non-hydrogen) atoms. The summed E-state index contributed by atoms with van der Waals surface area (Å²) in [6.07, 6.45) is 0.131. The van der Waals surface area contributed by atoms with Crippen LogP contribution < -0.4 is 5.56 Å². The molecule has 0 aromatic carbocycles. The van der Waals surface area contributed by atoms with Crippen molar-refractivity contribution in [2.75, 3.05) is 6.61 Å². The topological polar surface area (TPSA) is 91.9 Å². The first-order valence-electron chi connectivity index (χ1n) is 6.22. The van der Waals surface area contributed by atoms with Crippen LogP contribution in [0.2, 0.25) is 0 Å². The predicted molar refractivity (Wildman–Crippen MR) is 67.9 cm³/mol. The molecule has 0 saturated carbocycles. The Kier molecular flexibility index (Phi) is 3.42. The van der Waals surface area contributed by atoms with Crippen LogP contribution in [0.25, 0.3) is 0 Å². The van der Waals surface area contributed by atoms with Crippen molar-refractivity contribution in [3.8, 4) is 5.75 Å². The van der Waals surface area contributed by atoms with Crippen LogP contribution >= 0.6 is 0 Å². The van der Waals surface area contributed by atoms with E-state index >= 15 is 0 Å². The summed E-state index contributed by atoms with van der Waals surface area (Å²) in [5.74, 6) is -0.558. The minimum atomic E-state index is -1.52. The van der Waals surface area contributed by atoms with Gasteiger partial charge in [0, 0.05) is 23.7 Å². The minimum absolute atomic E-state index is 0.0755. The van der Waals surface area contributed by atoms with E-state index in [-0.39, 0.29) is 12.4 Å². The van der Waals surface area contributed by atoms with Crippen molar-refractivity contribution in [1.29, 1.82) is 0 Å². The van der Waals surface area contributed by atoms with Crippen LogP contribution in [0, 0.1) is 12.8 Å². The van der Waals surface area contributed by atoms with Gasteiger partial charge in [-0.2, -0.15) is 0 Å². The Bertz CT molecular complexity index is 538. The van der Waals surface area contributed by atoms with Gasteiger partial charge < -0.3 is 20.1 Å². The first kappa shape index (κ1) is 14.0. The maximum absolute atomic E-state index is 11.9. The lowest BCUT2D eigenvalue weighted by atomic mass is 9.92. The maximum Gasteiger partial charge on any atom is 0.256 e. The Labute approximate surface area is 110 Å². The molecule has 0 bridgehead atoms. The van der Waals surface area contributed by atoms with E-state index in [1.807, 2.05) is 0 Å². The summed E-state index contributed by atoms with van der Waals surface area (Å²) < 4.78 is 6.56. The van der Waals surface area contributed by atoms with Crippen molar-refractivity contribution in [2.24, 2.45) is 5.92 Å². The number of aromatic hydroxyl groups is 1. The van der Waals surface area contributed by atoms with Crippen LogP contribution in [0.15, 0.2) is 17.1 Å². The van der Waals surface area contributed by atoms with Crippen LogP contribution in [0.5, 0.6) is 5.75 Å². The molecule has 1 aromatic rings. The average Bonchev–Trinajstić information content (AvgIpc) is 2.62. The smallest absolute Gasteiger partial charge is 0.256 e. The van der Waals surface area contributed by atoms with E-state index in [1.165, 1.54) is 6.20 Å². The molecule has 6 heteroatoms. The van der Waals surface area contributed by atoms with Crippen molar-refractivity contribution in [3.63, 3.8) is 0 Å². The second-order valence-electron chi connectivity index (χ2n) is 5.23. The molecule has 0 aliphatic carbocycles. The third-order valence-electron chi connectivity index (χ3n) is 3.83. The molecule has 4 atom stereocenters. The lowest BCUT2D eigenvalue weighted by molar-refractivity contribution is -0.0712. The number of aryl methyl sites for hydroxylation is 1. The van der Waals surface area contributed by atoms with Crippen LogP contribution in [0.3, 0.4) is 0 Å². The Morgan fingerprint density at radius 3 is 2.74 bits per heavy atom. The van der Waals surface area contributed by atoms with Crippen LogP contribution in [-0.2, 0) is 10.5 Å². The van der Waals surface area contributed by atoms with Gasteiger partial charge in [0.15, 0.2) is 5.72 Å². The van der Waals surface area contributed by atoms with Gasteiger partial charge in [-0.1, -0.05) is 6.92 Å². The summed E-state index contributed by atoms with van der Waals surface area (Å²) in [4.78, 5) is 11.9. The number of nitrogens with zero attached hydrogens (tertiary/aromatic N) is 1. The summed E-state index contributed by atoms with van der Waals surface area (Å²) in [7, 11) is 0. The van der Waals surface area contributed by atoms with Crippen molar-refractivity contribution in [3.05, 3.63) is 28.2 Å². The fraction of sp³-hybridized carbons (Fsp3) is 0.615. The highest BCUT2D eigenvalue weighted by Crippen LogP contribution is 2.36. The van der Waals surface area contributed by atoms with Gasteiger partial charge in [-0.25, -0.2) is 0 Å². The summed E-state index contributed by atoms with van der Waals surface area (Å²) in [5.41, 5.74) is -1.54. The molecule has 106 valence electrons. The summed E-state index contributed by atoms with van der Waals surface area (Å²) in [5, 5.41) is 29.8. The van der Waals surface area contributed by atoms with Gasteiger partial charge in [0.2, 0.25) is 0 Å². The van der Waals surface area contributed by atoms with Gasteiger partial charge in [0.1, 0.15) is 5.75 Å². The molecule has 1 aromatic heterocycles. The molecule has 1 fully saturated rings. The number of aromatic nitrogens is 1. The number of ether oxygens (including phenoxy) is 1. The van der Waals surface area contributed by atoms with E-state index in [4.69, 9.17) is 4.74 Å². The zero-order valence-corrected chi connectivity index (χ0v) is 11.2. The first-order valence-corrected chi connectivity index (χ1v) is 6.22. The van der Waals surface area contributed by atoms with Gasteiger partial charge in [-0.05, 0) is 13.8 Å². The molecule has 0 radical (unpaired) electrons. The van der Waals surface area contributed by atoms with Gasteiger partial charge in [0.05, 0.1) is 18.8 Å². The highest BCUT2D eigenvalue weighted by molar-refractivity contribution is 5.28. The molecule has 0 amide bonds. The Hall–Kier alpha value is -1.37. The summed E-state index contributed by atoms with van der Waals surface area (Å²) in [6, 6.07) is 1.07. The number of aliphatic hydroxyl groups is 2. The van der Waals surface area contributed by atoms with E-state index < -0.39 is 29.4 Å². The van der Waals surface area contributed by atoms with Crippen molar-refractivity contribution < 1.29 is 20.1 Å².